The molecule has 8 heavy (non-hydrogen) atoms. The molecule has 0 bridgehead atoms. The number of aromatic amines is 1. The molecule has 44 valence electrons. The molecule has 0 aliphatic carbocycles. The molecule has 1 aromatic rings. The molecule has 0 atom stereocenters. The van der Waals surface area contributed by atoms with Crippen LogP contribution in [0, 0.1) is 0 Å². The zero-order chi connectivity index (χ0) is 5.98. The van der Waals surface area contributed by atoms with Crippen molar-refractivity contribution < 1.29 is 4.68 Å². The standard InChI is InChI=1S/C5H9N3/c1-3-5-6-4-8(2)7-5/h4H,3H2,1-2H3/p+1. The summed E-state index contributed by atoms with van der Waals surface area (Å²) in [5, 5.41) is 3.03. The molecule has 0 radical (unpaired) electrons. The maximum absolute atomic E-state index is 4.04. The van der Waals surface area contributed by atoms with Crippen LogP contribution in [0.1, 0.15) is 12.7 Å². The third-order valence-corrected chi connectivity index (χ3v) is 1.03. The monoisotopic (exact) mass is 112 g/mol. The van der Waals surface area contributed by atoms with E-state index in [4.69, 9.17) is 0 Å². The van der Waals surface area contributed by atoms with E-state index >= 15 is 0 Å². The van der Waals surface area contributed by atoms with Gasteiger partial charge in [0.15, 0.2) is 0 Å². The fraction of sp³-hybridized carbons (Fsp3) is 0.600. The first-order valence-corrected chi connectivity index (χ1v) is 2.72. The summed E-state index contributed by atoms with van der Waals surface area (Å²) in [7, 11) is 1.92. The number of nitrogens with one attached hydrogen (secondary N) is 1. The minimum Gasteiger partial charge on any atom is -0.192 e. The molecule has 0 spiro atoms. The van der Waals surface area contributed by atoms with Crippen molar-refractivity contribution in [2.75, 3.05) is 0 Å². The summed E-state index contributed by atoms with van der Waals surface area (Å²) in [6.45, 7) is 2.07. The summed E-state index contributed by atoms with van der Waals surface area (Å²) in [5.41, 5.74) is 0. The Morgan fingerprint density at radius 3 is 2.88 bits per heavy atom. The van der Waals surface area contributed by atoms with Gasteiger partial charge in [0, 0.05) is 6.42 Å². The van der Waals surface area contributed by atoms with E-state index in [2.05, 4.69) is 17.0 Å². The van der Waals surface area contributed by atoms with E-state index in [1.54, 1.807) is 6.33 Å². The van der Waals surface area contributed by atoms with Gasteiger partial charge in [-0.05, 0) is 4.98 Å². The summed E-state index contributed by atoms with van der Waals surface area (Å²) in [4.78, 5) is 4.04. The highest BCUT2D eigenvalue weighted by atomic mass is 15.3. The molecule has 0 aliphatic rings. The first-order chi connectivity index (χ1) is 3.83. The third-order valence-electron chi connectivity index (χ3n) is 1.03. The first-order valence-electron chi connectivity index (χ1n) is 2.72. The highest BCUT2D eigenvalue weighted by Gasteiger charge is 1.98. The van der Waals surface area contributed by atoms with E-state index in [1.165, 1.54) is 0 Å². The second kappa shape index (κ2) is 1.94. The van der Waals surface area contributed by atoms with Crippen LogP contribution < -0.4 is 4.68 Å². The average molecular weight is 112 g/mol. The number of nitrogens with zero attached hydrogens (tertiary/aromatic N) is 2. The van der Waals surface area contributed by atoms with Crippen LogP contribution in [0.25, 0.3) is 0 Å². The molecule has 0 saturated carbocycles. The van der Waals surface area contributed by atoms with Gasteiger partial charge in [0.05, 0.1) is 0 Å². The summed E-state index contributed by atoms with van der Waals surface area (Å²) in [6, 6.07) is 0. The van der Waals surface area contributed by atoms with Gasteiger partial charge in [-0.1, -0.05) is 6.92 Å². The van der Waals surface area contributed by atoms with Crippen molar-refractivity contribution in [3.63, 3.8) is 0 Å². The maximum Gasteiger partial charge on any atom is 0.306 e. The van der Waals surface area contributed by atoms with E-state index in [0.29, 0.717) is 0 Å². The van der Waals surface area contributed by atoms with Crippen molar-refractivity contribution in [1.29, 1.82) is 0 Å². The SMILES string of the molecule is CCc1nc[n+](C)[nH]1. The average Bonchev–Trinajstić information content (AvgIpc) is 2.14. The Balaban J connectivity index is 2.84. The van der Waals surface area contributed by atoms with Crippen LogP contribution in [0.15, 0.2) is 6.33 Å². The molecule has 1 heterocycles. The van der Waals surface area contributed by atoms with Gasteiger partial charge in [0.2, 0.25) is 0 Å². The topological polar surface area (TPSA) is 32.6 Å². The number of aryl methyl sites for hydroxylation is 2. The van der Waals surface area contributed by atoms with Crippen molar-refractivity contribution in [3.8, 4) is 0 Å². The lowest BCUT2D eigenvalue weighted by Crippen LogP contribution is -2.28. The Labute approximate surface area is 48.4 Å². The van der Waals surface area contributed by atoms with Crippen LogP contribution in [0.5, 0.6) is 0 Å². The van der Waals surface area contributed by atoms with Crippen LogP contribution in [-0.4, -0.2) is 10.1 Å². The van der Waals surface area contributed by atoms with Gasteiger partial charge < -0.3 is 0 Å². The van der Waals surface area contributed by atoms with E-state index in [9.17, 15) is 0 Å². The van der Waals surface area contributed by atoms with E-state index in [-0.39, 0.29) is 0 Å². The molecular formula is C5H10N3+. The molecule has 1 rings (SSSR count). The van der Waals surface area contributed by atoms with Crippen molar-refractivity contribution in [3.05, 3.63) is 12.2 Å². The first kappa shape index (κ1) is 5.28. The highest BCUT2D eigenvalue weighted by Crippen LogP contribution is 1.80. The van der Waals surface area contributed by atoms with Crippen molar-refractivity contribution in [2.45, 2.75) is 13.3 Å². The van der Waals surface area contributed by atoms with Gasteiger partial charge in [0.25, 0.3) is 5.82 Å². The second-order valence-corrected chi connectivity index (χ2v) is 1.77. The Kier molecular flexibility index (Phi) is 1.28. The number of rotatable bonds is 1. The van der Waals surface area contributed by atoms with E-state index in [0.717, 1.165) is 12.2 Å². The molecule has 0 fully saturated rings. The smallest absolute Gasteiger partial charge is 0.192 e. The lowest BCUT2D eigenvalue weighted by atomic mass is 10.5. The van der Waals surface area contributed by atoms with Crippen molar-refractivity contribution >= 4 is 0 Å². The predicted molar refractivity (Wildman–Crippen MR) is 29.1 cm³/mol. The maximum atomic E-state index is 4.04. The number of H-pyrrole nitrogens is 1. The lowest BCUT2D eigenvalue weighted by molar-refractivity contribution is -0.728. The zero-order valence-corrected chi connectivity index (χ0v) is 5.18. The molecule has 3 nitrogen and oxygen atoms in total. The molecule has 1 N–H and O–H groups in total. The molecule has 1 aromatic heterocycles. The summed E-state index contributed by atoms with van der Waals surface area (Å²) >= 11 is 0. The normalized spacial score (nSPS) is 9.75. The Hall–Kier alpha value is -0.860. The molecule has 0 aromatic carbocycles. The quantitative estimate of drug-likeness (QED) is 0.501. The van der Waals surface area contributed by atoms with Crippen LogP contribution in [-0.2, 0) is 13.5 Å². The van der Waals surface area contributed by atoms with Crippen molar-refractivity contribution in [1.82, 2.24) is 10.1 Å². The summed E-state index contributed by atoms with van der Waals surface area (Å²) in [5.74, 6) is 1.03. The van der Waals surface area contributed by atoms with Crippen LogP contribution >= 0.6 is 0 Å². The fourth-order valence-corrected chi connectivity index (χ4v) is 0.588. The Morgan fingerprint density at radius 2 is 2.62 bits per heavy atom. The molecule has 3 heteroatoms. The Bertz CT molecular complexity index is 168. The predicted octanol–water partition coefficient (Wildman–Crippen LogP) is -0.203. The van der Waals surface area contributed by atoms with Gasteiger partial charge >= 0.3 is 6.33 Å². The van der Waals surface area contributed by atoms with Gasteiger partial charge in [0.1, 0.15) is 7.05 Å². The minimum atomic E-state index is 0.973. The Morgan fingerprint density at radius 1 is 1.88 bits per heavy atom. The lowest BCUT2D eigenvalue weighted by Gasteiger charge is -1.75. The third kappa shape index (κ3) is 0.857. The fourth-order valence-electron chi connectivity index (χ4n) is 0.588. The zero-order valence-electron chi connectivity index (χ0n) is 5.18. The highest BCUT2D eigenvalue weighted by molar-refractivity contribution is 4.73. The molecule has 0 saturated heterocycles. The van der Waals surface area contributed by atoms with Gasteiger partial charge in [-0.2, -0.15) is 9.78 Å². The van der Waals surface area contributed by atoms with Crippen LogP contribution in [0.2, 0.25) is 0 Å². The van der Waals surface area contributed by atoms with Gasteiger partial charge in [-0.25, -0.2) is 0 Å². The molecule has 0 amide bonds. The minimum absolute atomic E-state index is 0.973. The summed E-state index contributed by atoms with van der Waals surface area (Å²) in [6.07, 6.45) is 2.74. The van der Waals surface area contributed by atoms with Crippen molar-refractivity contribution in [2.24, 2.45) is 7.05 Å². The van der Waals surface area contributed by atoms with E-state index < -0.39 is 0 Å². The number of hydrogen-bond donors (Lipinski definition) is 1. The molecule has 0 aliphatic heterocycles. The van der Waals surface area contributed by atoms with E-state index in [1.807, 2.05) is 11.7 Å². The van der Waals surface area contributed by atoms with Crippen LogP contribution in [0.4, 0.5) is 0 Å². The molecular weight excluding hydrogens is 102 g/mol. The van der Waals surface area contributed by atoms with Gasteiger partial charge in [-0.3, -0.25) is 0 Å². The van der Waals surface area contributed by atoms with Gasteiger partial charge in [-0.15, -0.1) is 0 Å². The number of hydrogen-bond acceptors (Lipinski definition) is 1. The number of aromatic nitrogens is 3. The second-order valence-electron chi connectivity index (χ2n) is 1.77. The summed E-state index contributed by atoms with van der Waals surface area (Å²) < 4.78 is 1.83. The largest absolute Gasteiger partial charge is 0.306 e. The molecule has 0 unspecified atom stereocenters. The van der Waals surface area contributed by atoms with Crippen LogP contribution in [0.3, 0.4) is 0 Å².